The SMILES string of the molecule is CCCCN(C)c1cc(C)nc(Nc2ccc(C(C)C)cc2)n1. The van der Waals surface area contributed by atoms with Crippen LogP contribution in [0, 0.1) is 6.92 Å². The maximum Gasteiger partial charge on any atom is 0.229 e. The van der Waals surface area contributed by atoms with Crippen molar-refractivity contribution in [2.45, 2.75) is 46.5 Å². The molecule has 0 amide bonds. The van der Waals surface area contributed by atoms with Gasteiger partial charge in [0.2, 0.25) is 5.95 Å². The molecule has 2 aromatic rings. The van der Waals surface area contributed by atoms with Gasteiger partial charge in [-0.2, -0.15) is 4.98 Å². The molecule has 1 heterocycles. The summed E-state index contributed by atoms with van der Waals surface area (Å²) in [4.78, 5) is 11.3. The standard InChI is InChI=1S/C19H28N4/c1-6-7-12-23(5)18-13-15(4)20-19(22-18)21-17-10-8-16(9-11-17)14(2)3/h8-11,13-14H,6-7,12H2,1-5H3,(H,20,21,22). The van der Waals surface area contributed by atoms with E-state index in [1.807, 2.05) is 13.0 Å². The number of hydrogen-bond donors (Lipinski definition) is 1. The van der Waals surface area contributed by atoms with Crippen molar-refractivity contribution < 1.29 is 0 Å². The molecule has 1 aromatic carbocycles. The van der Waals surface area contributed by atoms with E-state index in [4.69, 9.17) is 0 Å². The summed E-state index contributed by atoms with van der Waals surface area (Å²) in [6.07, 6.45) is 2.35. The maximum atomic E-state index is 4.64. The summed E-state index contributed by atoms with van der Waals surface area (Å²) in [5.74, 6) is 2.16. The van der Waals surface area contributed by atoms with Gasteiger partial charge in [0.25, 0.3) is 0 Å². The van der Waals surface area contributed by atoms with Crippen molar-refractivity contribution in [3.05, 3.63) is 41.6 Å². The number of unbranched alkanes of at least 4 members (excludes halogenated alkanes) is 1. The predicted molar refractivity (Wildman–Crippen MR) is 98.8 cm³/mol. The highest BCUT2D eigenvalue weighted by Gasteiger charge is 2.07. The first kappa shape index (κ1) is 17.3. The van der Waals surface area contributed by atoms with Crippen LogP contribution in [-0.2, 0) is 0 Å². The minimum Gasteiger partial charge on any atom is -0.360 e. The number of hydrogen-bond acceptors (Lipinski definition) is 4. The highest BCUT2D eigenvalue weighted by molar-refractivity contribution is 5.56. The molecule has 0 bridgehead atoms. The minimum atomic E-state index is 0.540. The molecule has 0 unspecified atom stereocenters. The molecule has 0 radical (unpaired) electrons. The van der Waals surface area contributed by atoms with Gasteiger partial charge in [-0.25, -0.2) is 4.98 Å². The van der Waals surface area contributed by atoms with E-state index in [0.717, 1.165) is 23.7 Å². The number of nitrogens with zero attached hydrogens (tertiary/aromatic N) is 3. The molecule has 0 aliphatic rings. The summed E-state index contributed by atoms with van der Waals surface area (Å²) < 4.78 is 0. The Labute approximate surface area is 140 Å². The molecule has 0 aliphatic carbocycles. The smallest absolute Gasteiger partial charge is 0.229 e. The molecule has 4 heteroatoms. The van der Waals surface area contributed by atoms with Crippen LogP contribution >= 0.6 is 0 Å². The fourth-order valence-corrected chi connectivity index (χ4v) is 2.39. The van der Waals surface area contributed by atoms with Gasteiger partial charge in [-0.1, -0.05) is 39.3 Å². The zero-order chi connectivity index (χ0) is 16.8. The van der Waals surface area contributed by atoms with Crippen LogP contribution in [0.4, 0.5) is 17.5 Å². The molecule has 1 N–H and O–H groups in total. The van der Waals surface area contributed by atoms with Crippen molar-refractivity contribution in [1.82, 2.24) is 9.97 Å². The molecule has 4 nitrogen and oxygen atoms in total. The van der Waals surface area contributed by atoms with Crippen molar-refractivity contribution in [3.63, 3.8) is 0 Å². The molecular weight excluding hydrogens is 284 g/mol. The molecular formula is C19H28N4. The normalized spacial score (nSPS) is 10.9. The van der Waals surface area contributed by atoms with Crippen LogP contribution in [0.15, 0.2) is 30.3 Å². The van der Waals surface area contributed by atoms with Crippen LogP contribution in [0.2, 0.25) is 0 Å². The van der Waals surface area contributed by atoms with Gasteiger partial charge in [0.15, 0.2) is 0 Å². The molecule has 2 rings (SSSR count). The zero-order valence-electron chi connectivity index (χ0n) is 14.9. The van der Waals surface area contributed by atoms with Crippen LogP contribution in [0.5, 0.6) is 0 Å². The van der Waals surface area contributed by atoms with Gasteiger partial charge in [0.05, 0.1) is 0 Å². The van der Waals surface area contributed by atoms with Crippen LogP contribution < -0.4 is 10.2 Å². The highest BCUT2D eigenvalue weighted by Crippen LogP contribution is 2.21. The summed E-state index contributed by atoms with van der Waals surface area (Å²) in [5, 5.41) is 3.31. The molecule has 0 atom stereocenters. The van der Waals surface area contributed by atoms with E-state index in [-0.39, 0.29) is 0 Å². The number of anilines is 3. The van der Waals surface area contributed by atoms with E-state index in [0.29, 0.717) is 11.9 Å². The second-order valence-electron chi connectivity index (χ2n) is 6.37. The quantitative estimate of drug-likeness (QED) is 0.790. The second-order valence-corrected chi connectivity index (χ2v) is 6.37. The van der Waals surface area contributed by atoms with Gasteiger partial charge in [-0.05, 0) is 37.0 Å². The number of rotatable bonds is 7. The summed E-state index contributed by atoms with van der Waals surface area (Å²) >= 11 is 0. The van der Waals surface area contributed by atoms with E-state index in [1.54, 1.807) is 0 Å². The number of aromatic nitrogens is 2. The first-order chi connectivity index (χ1) is 11.0. The van der Waals surface area contributed by atoms with Crippen molar-refractivity contribution in [3.8, 4) is 0 Å². The lowest BCUT2D eigenvalue weighted by atomic mass is 10.0. The predicted octanol–water partition coefficient (Wildman–Crippen LogP) is 4.89. The minimum absolute atomic E-state index is 0.540. The van der Waals surface area contributed by atoms with E-state index in [9.17, 15) is 0 Å². The van der Waals surface area contributed by atoms with E-state index >= 15 is 0 Å². The van der Waals surface area contributed by atoms with Gasteiger partial charge in [0, 0.05) is 31.0 Å². The Morgan fingerprint density at radius 2 is 1.83 bits per heavy atom. The molecule has 1 aromatic heterocycles. The Bertz CT molecular complexity index is 620. The maximum absolute atomic E-state index is 4.64. The Morgan fingerprint density at radius 1 is 1.13 bits per heavy atom. The van der Waals surface area contributed by atoms with E-state index in [1.165, 1.54) is 18.4 Å². The lowest BCUT2D eigenvalue weighted by molar-refractivity contribution is 0.758. The fourth-order valence-electron chi connectivity index (χ4n) is 2.39. The Morgan fingerprint density at radius 3 is 2.43 bits per heavy atom. The van der Waals surface area contributed by atoms with Crippen molar-refractivity contribution >= 4 is 17.5 Å². The summed E-state index contributed by atoms with van der Waals surface area (Å²) in [6.45, 7) is 9.61. The molecule has 23 heavy (non-hydrogen) atoms. The third-order valence-electron chi connectivity index (χ3n) is 3.91. The topological polar surface area (TPSA) is 41.1 Å². The highest BCUT2D eigenvalue weighted by atomic mass is 15.2. The van der Waals surface area contributed by atoms with E-state index < -0.39 is 0 Å². The number of benzene rings is 1. The van der Waals surface area contributed by atoms with Crippen molar-refractivity contribution in [2.75, 3.05) is 23.8 Å². The third-order valence-corrected chi connectivity index (χ3v) is 3.91. The zero-order valence-corrected chi connectivity index (χ0v) is 14.9. The van der Waals surface area contributed by atoms with E-state index in [2.05, 4.69) is 72.3 Å². The van der Waals surface area contributed by atoms with Crippen LogP contribution in [0.25, 0.3) is 0 Å². The average molecular weight is 312 g/mol. The molecule has 124 valence electrons. The van der Waals surface area contributed by atoms with Gasteiger partial charge in [-0.3, -0.25) is 0 Å². The average Bonchev–Trinajstić information content (AvgIpc) is 2.52. The summed E-state index contributed by atoms with van der Waals surface area (Å²) in [5.41, 5.74) is 3.32. The van der Waals surface area contributed by atoms with Crippen LogP contribution in [0.1, 0.15) is 50.8 Å². The molecule has 0 saturated carbocycles. The molecule has 0 saturated heterocycles. The monoisotopic (exact) mass is 312 g/mol. The van der Waals surface area contributed by atoms with Crippen LogP contribution in [-0.4, -0.2) is 23.6 Å². The Kier molecular flexibility index (Phi) is 5.97. The fraction of sp³-hybridized carbons (Fsp3) is 0.474. The first-order valence-corrected chi connectivity index (χ1v) is 8.43. The van der Waals surface area contributed by atoms with Gasteiger partial charge >= 0.3 is 0 Å². The lowest BCUT2D eigenvalue weighted by Gasteiger charge is -2.19. The Balaban J connectivity index is 2.14. The van der Waals surface area contributed by atoms with Gasteiger partial charge in [0.1, 0.15) is 5.82 Å². The first-order valence-electron chi connectivity index (χ1n) is 8.43. The molecule has 0 aliphatic heterocycles. The Hall–Kier alpha value is -2.10. The molecule has 0 fully saturated rings. The summed E-state index contributed by atoms with van der Waals surface area (Å²) in [6, 6.07) is 10.5. The number of nitrogens with one attached hydrogen (secondary N) is 1. The summed E-state index contributed by atoms with van der Waals surface area (Å²) in [7, 11) is 2.08. The second kappa shape index (κ2) is 7.95. The lowest BCUT2D eigenvalue weighted by Crippen LogP contribution is -2.20. The third kappa shape index (κ3) is 4.95. The van der Waals surface area contributed by atoms with Crippen molar-refractivity contribution in [1.29, 1.82) is 0 Å². The van der Waals surface area contributed by atoms with Gasteiger partial charge < -0.3 is 10.2 Å². The van der Waals surface area contributed by atoms with Crippen molar-refractivity contribution in [2.24, 2.45) is 0 Å². The largest absolute Gasteiger partial charge is 0.360 e. The number of aryl methyl sites for hydroxylation is 1. The molecule has 0 spiro atoms. The van der Waals surface area contributed by atoms with Gasteiger partial charge in [-0.15, -0.1) is 0 Å². The van der Waals surface area contributed by atoms with Crippen LogP contribution in [0.3, 0.4) is 0 Å².